The van der Waals surface area contributed by atoms with E-state index in [1.807, 2.05) is 0 Å². The second-order valence-electron chi connectivity index (χ2n) is 4.58. The molecule has 2 amide bonds. The highest BCUT2D eigenvalue weighted by molar-refractivity contribution is 5.89. The SMILES string of the molecule is Cl.NCCCCNC(=O)C1CC(=O)N(CC(F)(F)F)C1. The summed E-state index contributed by atoms with van der Waals surface area (Å²) in [6.45, 7) is -0.499. The first-order valence-corrected chi connectivity index (χ1v) is 6.16. The van der Waals surface area contributed by atoms with Gasteiger partial charge in [0.1, 0.15) is 6.54 Å². The molecule has 0 aromatic rings. The van der Waals surface area contributed by atoms with Crippen LogP contribution in [0, 0.1) is 5.92 Å². The van der Waals surface area contributed by atoms with Crippen molar-refractivity contribution in [2.24, 2.45) is 11.7 Å². The predicted molar refractivity (Wildman–Crippen MR) is 69.3 cm³/mol. The average molecular weight is 318 g/mol. The molecule has 0 spiro atoms. The molecule has 20 heavy (non-hydrogen) atoms. The zero-order chi connectivity index (χ0) is 14.5. The van der Waals surface area contributed by atoms with Gasteiger partial charge in [-0.1, -0.05) is 0 Å². The van der Waals surface area contributed by atoms with Crippen LogP contribution >= 0.6 is 12.4 Å². The third kappa shape index (κ3) is 6.42. The fourth-order valence-electron chi connectivity index (χ4n) is 1.94. The Bertz CT molecular complexity index is 339. The average Bonchev–Trinajstić information content (AvgIpc) is 2.64. The number of alkyl halides is 3. The van der Waals surface area contributed by atoms with Gasteiger partial charge in [-0.2, -0.15) is 13.2 Å². The first-order chi connectivity index (χ1) is 8.83. The summed E-state index contributed by atoms with van der Waals surface area (Å²) in [5.41, 5.74) is 5.29. The van der Waals surface area contributed by atoms with Gasteiger partial charge in [0.15, 0.2) is 0 Å². The molecule has 0 aromatic heterocycles. The van der Waals surface area contributed by atoms with Gasteiger partial charge in [-0.05, 0) is 19.4 Å². The van der Waals surface area contributed by atoms with Crippen molar-refractivity contribution < 1.29 is 22.8 Å². The van der Waals surface area contributed by atoms with Crippen molar-refractivity contribution >= 4 is 24.2 Å². The van der Waals surface area contributed by atoms with Gasteiger partial charge in [-0.25, -0.2) is 0 Å². The van der Waals surface area contributed by atoms with Gasteiger partial charge in [0.2, 0.25) is 11.8 Å². The van der Waals surface area contributed by atoms with Crippen LogP contribution in [0.15, 0.2) is 0 Å². The molecule has 0 aromatic carbocycles. The Kier molecular flexibility index (Phi) is 7.88. The van der Waals surface area contributed by atoms with Gasteiger partial charge in [0.25, 0.3) is 0 Å². The van der Waals surface area contributed by atoms with Gasteiger partial charge < -0.3 is 16.0 Å². The molecule has 1 aliphatic rings. The first-order valence-electron chi connectivity index (χ1n) is 6.16. The maximum Gasteiger partial charge on any atom is 0.406 e. The molecule has 1 fully saturated rings. The number of nitrogens with zero attached hydrogens (tertiary/aromatic N) is 1. The first kappa shape index (κ1) is 19.0. The lowest BCUT2D eigenvalue weighted by molar-refractivity contribution is -0.157. The number of hydrogen-bond acceptors (Lipinski definition) is 3. The van der Waals surface area contributed by atoms with E-state index < -0.39 is 24.5 Å². The number of nitrogens with one attached hydrogen (secondary N) is 1. The normalized spacial score (nSPS) is 18.9. The number of nitrogens with two attached hydrogens (primary N) is 1. The fourth-order valence-corrected chi connectivity index (χ4v) is 1.94. The lowest BCUT2D eigenvalue weighted by Gasteiger charge is -2.18. The summed E-state index contributed by atoms with van der Waals surface area (Å²) < 4.78 is 36.6. The molecule has 5 nitrogen and oxygen atoms in total. The summed E-state index contributed by atoms with van der Waals surface area (Å²) in [5, 5.41) is 2.61. The van der Waals surface area contributed by atoms with Gasteiger partial charge in [-0.15, -0.1) is 12.4 Å². The van der Waals surface area contributed by atoms with E-state index in [0.29, 0.717) is 18.0 Å². The van der Waals surface area contributed by atoms with Crippen molar-refractivity contribution in [1.29, 1.82) is 0 Å². The zero-order valence-electron chi connectivity index (χ0n) is 10.9. The quantitative estimate of drug-likeness (QED) is 0.707. The number of carbonyl (C=O) groups excluding carboxylic acids is 2. The Morgan fingerprint density at radius 3 is 2.60 bits per heavy atom. The molecule has 1 rings (SSSR count). The van der Waals surface area contributed by atoms with Crippen LogP contribution < -0.4 is 11.1 Å². The van der Waals surface area contributed by atoms with Crippen LogP contribution in [-0.4, -0.2) is 49.1 Å². The summed E-state index contributed by atoms with van der Waals surface area (Å²) in [4.78, 5) is 23.7. The molecular formula is C11H19ClF3N3O2. The molecule has 1 saturated heterocycles. The number of amides is 2. The monoisotopic (exact) mass is 317 g/mol. The largest absolute Gasteiger partial charge is 0.406 e. The molecule has 1 unspecified atom stereocenters. The fraction of sp³-hybridized carbons (Fsp3) is 0.818. The number of hydrogen-bond donors (Lipinski definition) is 2. The van der Waals surface area contributed by atoms with E-state index >= 15 is 0 Å². The molecule has 3 N–H and O–H groups in total. The van der Waals surface area contributed by atoms with E-state index in [4.69, 9.17) is 5.73 Å². The van der Waals surface area contributed by atoms with E-state index in [2.05, 4.69) is 5.32 Å². The molecule has 0 bridgehead atoms. The molecule has 118 valence electrons. The van der Waals surface area contributed by atoms with Crippen LogP contribution in [0.2, 0.25) is 0 Å². The van der Waals surface area contributed by atoms with Crippen molar-refractivity contribution in [3.8, 4) is 0 Å². The summed E-state index contributed by atoms with van der Waals surface area (Å²) in [7, 11) is 0. The maximum atomic E-state index is 12.2. The summed E-state index contributed by atoms with van der Waals surface area (Å²) in [6.07, 6.45) is -3.10. The van der Waals surface area contributed by atoms with Crippen molar-refractivity contribution in [3.05, 3.63) is 0 Å². The Labute approximate surface area is 121 Å². The number of unbranched alkanes of at least 4 members (excludes halogenated alkanes) is 1. The second kappa shape index (κ2) is 8.31. The minimum Gasteiger partial charge on any atom is -0.356 e. The van der Waals surface area contributed by atoms with Gasteiger partial charge in [-0.3, -0.25) is 9.59 Å². The highest BCUT2D eigenvalue weighted by Crippen LogP contribution is 2.23. The maximum absolute atomic E-state index is 12.2. The zero-order valence-corrected chi connectivity index (χ0v) is 11.7. The van der Waals surface area contributed by atoms with E-state index in [1.54, 1.807) is 0 Å². The predicted octanol–water partition coefficient (Wildman–Crippen LogP) is 0.674. The number of likely N-dealkylation sites (tertiary alicyclic amines) is 1. The van der Waals surface area contributed by atoms with Crippen molar-refractivity contribution in [2.45, 2.75) is 25.4 Å². The number of halogens is 4. The molecule has 1 heterocycles. The lowest BCUT2D eigenvalue weighted by atomic mass is 10.1. The molecular weight excluding hydrogens is 299 g/mol. The van der Waals surface area contributed by atoms with Crippen LogP contribution in [0.3, 0.4) is 0 Å². The topological polar surface area (TPSA) is 75.4 Å². The standard InChI is InChI=1S/C11H18F3N3O2.ClH/c12-11(13,14)7-17-6-8(5-9(17)18)10(19)16-4-2-1-3-15;/h8H,1-7,15H2,(H,16,19);1H. The minimum atomic E-state index is -4.43. The second-order valence-corrected chi connectivity index (χ2v) is 4.58. The van der Waals surface area contributed by atoms with Crippen LogP contribution in [0.4, 0.5) is 13.2 Å². The molecule has 9 heteroatoms. The smallest absolute Gasteiger partial charge is 0.356 e. The molecule has 1 atom stereocenters. The van der Waals surface area contributed by atoms with Gasteiger partial charge >= 0.3 is 6.18 Å². The Morgan fingerprint density at radius 2 is 2.05 bits per heavy atom. The van der Waals surface area contributed by atoms with Gasteiger partial charge in [0, 0.05) is 19.5 Å². The number of carbonyl (C=O) groups is 2. The summed E-state index contributed by atoms with van der Waals surface area (Å²) >= 11 is 0. The van der Waals surface area contributed by atoms with Crippen LogP contribution in [-0.2, 0) is 9.59 Å². The van der Waals surface area contributed by atoms with Crippen LogP contribution in [0.5, 0.6) is 0 Å². The molecule has 0 saturated carbocycles. The molecule has 0 aliphatic carbocycles. The highest BCUT2D eigenvalue weighted by Gasteiger charge is 2.40. The Hall–Kier alpha value is -1.02. The van der Waals surface area contributed by atoms with E-state index in [0.717, 1.165) is 12.8 Å². The van der Waals surface area contributed by atoms with Gasteiger partial charge in [0.05, 0.1) is 5.92 Å². The van der Waals surface area contributed by atoms with E-state index in [9.17, 15) is 22.8 Å². The van der Waals surface area contributed by atoms with Crippen LogP contribution in [0.1, 0.15) is 19.3 Å². The summed E-state index contributed by atoms with van der Waals surface area (Å²) in [5.74, 6) is -1.68. The third-order valence-corrected chi connectivity index (χ3v) is 2.89. The molecule has 1 aliphatic heterocycles. The lowest BCUT2D eigenvalue weighted by Crippen LogP contribution is -2.37. The summed E-state index contributed by atoms with van der Waals surface area (Å²) in [6, 6.07) is 0. The Morgan fingerprint density at radius 1 is 1.40 bits per heavy atom. The van der Waals surface area contributed by atoms with Crippen molar-refractivity contribution in [3.63, 3.8) is 0 Å². The Balaban J connectivity index is 0.00000361. The number of rotatable bonds is 6. The minimum absolute atomic E-state index is 0. The highest BCUT2D eigenvalue weighted by atomic mass is 35.5. The van der Waals surface area contributed by atoms with Crippen molar-refractivity contribution in [2.75, 3.05) is 26.2 Å². The molecule has 0 radical (unpaired) electrons. The van der Waals surface area contributed by atoms with E-state index in [1.165, 1.54) is 0 Å². The van der Waals surface area contributed by atoms with E-state index in [-0.39, 0.29) is 31.3 Å². The third-order valence-electron chi connectivity index (χ3n) is 2.89. The van der Waals surface area contributed by atoms with Crippen molar-refractivity contribution in [1.82, 2.24) is 10.2 Å². The van der Waals surface area contributed by atoms with Crippen LogP contribution in [0.25, 0.3) is 0 Å².